The molecule has 3 aromatic rings. The highest BCUT2D eigenvalue weighted by Gasteiger charge is 2.30. The van der Waals surface area contributed by atoms with E-state index in [9.17, 15) is 0 Å². The van der Waals surface area contributed by atoms with Gasteiger partial charge in [-0.1, -0.05) is 24.3 Å². The third kappa shape index (κ3) is 2.71. The second kappa shape index (κ2) is 6.76. The molecule has 30 heavy (non-hydrogen) atoms. The van der Waals surface area contributed by atoms with Crippen LogP contribution in [-0.4, -0.2) is 26.6 Å². The average molecular weight is 404 g/mol. The molecule has 152 valence electrons. The summed E-state index contributed by atoms with van der Waals surface area (Å²) < 4.78 is 35.3. The smallest absolute Gasteiger partial charge is 0.231 e. The molecule has 0 saturated carbocycles. The minimum absolute atomic E-state index is 0.244. The van der Waals surface area contributed by atoms with E-state index in [4.69, 9.17) is 28.4 Å². The lowest BCUT2D eigenvalue weighted by atomic mass is 9.97. The lowest BCUT2D eigenvalue weighted by Gasteiger charge is -2.31. The van der Waals surface area contributed by atoms with Crippen LogP contribution in [0.25, 0.3) is 11.1 Å². The van der Waals surface area contributed by atoms with Crippen LogP contribution in [0.15, 0.2) is 48.5 Å². The van der Waals surface area contributed by atoms with Crippen LogP contribution in [0, 0.1) is 6.92 Å². The van der Waals surface area contributed by atoms with E-state index in [0.29, 0.717) is 25.6 Å². The highest BCUT2D eigenvalue weighted by Crippen LogP contribution is 2.48. The Bertz CT molecular complexity index is 1140. The predicted octanol–water partition coefficient (Wildman–Crippen LogP) is 4.67. The van der Waals surface area contributed by atoms with Crippen LogP contribution >= 0.6 is 0 Å². The number of hydrogen-bond acceptors (Lipinski definition) is 6. The van der Waals surface area contributed by atoms with Crippen LogP contribution < -0.4 is 28.4 Å². The van der Waals surface area contributed by atoms with E-state index in [1.807, 2.05) is 48.5 Å². The Labute approximate surface area is 173 Å². The molecule has 3 heterocycles. The van der Waals surface area contributed by atoms with Gasteiger partial charge in [-0.25, -0.2) is 0 Å². The highest BCUT2D eigenvalue weighted by atomic mass is 16.7. The maximum atomic E-state index is 6.51. The van der Waals surface area contributed by atoms with E-state index in [1.165, 1.54) is 0 Å². The van der Waals surface area contributed by atoms with Gasteiger partial charge in [-0.3, -0.25) is 0 Å². The van der Waals surface area contributed by atoms with Gasteiger partial charge in [0.25, 0.3) is 0 Å². The van der Waals surface area contributed by atoms with Crippen LogP contribution in [0.3, 0.4) is 0 Å². The minimum Gasteiger partial charge on any atom is -0.486 e. The Hall–Kier alpha value is -3.54. The average Bonchev–Trinajstić information content (AvgIpc) is 3.24. The fraction of sp³-hybridized carbons (Fsp3) is 0.250. The number of benzene rings is 3. The van der Waals surface area contributed by atoms with E-state index >= 15 is 0 Å². The number of ether oxygens (including phenoxy) is 6. The van der Waals surface area contributed by atoms with Gasteiger partial charge in [0.05, 0.1) is 0 Å². The number of aryl methyl sites for hydroxylation is 1. The Morgan fingerprint density at radius 2 is 1.47 bits per heavy atom. The molecule has 6 nitrogen and oxygen atoms in total. The minimum atomic E-state index is -0.301. The molecule has 0 aromatic heterocycles. The number of rotatable bonds is 2. The first-order valence-electron chi connectivity index (χ1n) is 9.99. The van der Waals surface area contributed by atoms with Crippen molar-refractivity contribution in [1.29, 1.82) is 0 Å². The van der Waals surface area contributed by atoms with Gasteiger partial charge in [-0.05, 0) is 42.3 Å². The van der Waals surface area contributed by atoms with Crippen molar-refractivity contribution in [3.05, 3.63) is 59.7 Å². The zero-order valence-corrected chi connectivity index (χ0v) is 16.5. The van der Waals surface area contributed by atoms with Crippen molar-refractivity contribution in [3.63, 3.8) is 0 Å². The number of para-hydroxylation sites is 2. The lowest BCUT2D eigenvalue weighted by molar-refractivity contribution is 0.0858. The van der Waals surface area contributed by atoms with Crippen molar-refractivity contribution < 1.29 is 28.4 Å². The molecule has 6 heteroatoms. The Morgan fingerprint density at radius 3 is 2.37 bits per heavy atom. The topological polar surface area (TPSA) is 55.4 Å². The third-order valence-electron chi connectivity index (χ3n) is 5.58. The van der Waals surface area contributed by atoms with Crippen molar-refractivity contribution in [2.24, 2.45) is 0 Å². The monoisotopic (exact) mass is 404 g/mol. The summed E-state index contributed by atoms with van der Waals surface area (Å²) in [5.74, 6) is 4.42. The maximum Gasteiger partial charge on any atom is 0.231 e. The standard InChI is InChI=1S/C24H20O6/c1-14-10-20-21(29-13-28-20)11-17(14)15-4-2-7-19-24(15)30-22(12-27-19)16-5-3-6-18-23(16)26-9-8-25-18/h2-7,10-11,22H,8-9,12-13H2,1H3. The second-order valence-electron chi connectivity index (χ2n) is 7.44. The molecular formula is C24H20O6. The zero-order chi connectivity index (χ0) is 20.1. The first kappa shape index (κ1) is 17.3. The van der Waals surface area contributed by atoms with E-state index in [-0.39, 0.29) is 12.9 Å². The summed E-state index contributed by atoms with van der Waals surface area (Å²) in [6, 6.07) is 15.8. The summed E-state index contributed by atoms with van der Waals surface area (Å²) >= 11 is 0. The normalized spacial score (nSPS) is 18.2. The van der Waals surface area contributed by atoms with Crippen molar-refractivity contribution >= 4 is 0 Å². The molecule has 0 bridgehead atoms. The SMILES string of the molecule is Cc1cc2c(cc1-c1cccc3c1OC(c1cccc4c1OCCO4)CO3)OCO2. The van der Waals surface area contributed by atoms with Gasteiger partial charge >= 0.3 is 0 Å². The molecule has 3 aliphatic heterocycles. The van der Waals surface area contributed by atoms with Crippen LogP contribution in [0.1, 0.15) is 17.2 Å². The quantitative estimate of drug-likeness (QED) is 0.619. The molecular weight excluding hydrogens is 384 g/mol. The fourth-order valence-corrected chi connectivity index (χ4v) is 4.14. The molecule has 3 aliphatic rings. The highest BCUT2D eigenvalue weighted by molar-refractivity contribution is 5.78. The molecule has 0 radical (unpaired) electrons. The Kier molecular flexibility index (Phi) is 3.91. The van der Waals surface area contributed by atoms with Crippen LogP contribution in [-0.2, 0) is 0 Å². The molecule has 0 amide bonds. The van der Waals surface area contributed by atoms with Gasteiger partial charge in [-0.15, -0.1) is 0 Å². The number of fused-ring (bicyclic) bond motifs is 3. The molecule has 3 aromatic carbocycles. The van der Waals surface area contributed by atoms with E-state index < -0.39 is 0 Å². The van der Waals surface area contributed by atoms with Gasteiger partial charge < -0.3 is 28.4 Å². The summed E-state index contributed by atoms with van der Waals surface area (Å²) in [6.45, 7) is 3.77. The molecule has 0 fully saturated rings. The first-order valence-corrected chi connectivity index (χ1v) is 9.99. The van der Waals surface area contributed by atoms with Crippen LogP contribution in [0.4, 0.5) is 0 Å². The summed E-state index contributed by atoms with van der Waals surface area (Å²) in [5.41, 5.74) is 3.98. The summed E-state index contributed by atoms with van der Waals surface area (Å²) in [4.78, 5) is 0. The summed E-state index contributed by atoms with van der Waals surface area (Å²) in [7, 11) is 0. The molecule has 0 aliphatic carbocycles. The van der Waals surface area contributed by atoms with Crippen LogP contribution in [0.5, 0.6) is 34.5 Å². The number of hydrogen-bond donors (Lipinski definition) is 0. The molecule has 1 unspecified atom stereocenters. The molecule has 6 rings (SSSR count). The van der Waals surface area contributed by atoms with Gasteiger partial charge in [0, 0.05) is 11.1 Å². The Morgan fingerprint density at radius 1 is 0.700 bits per heavy atom. The van der Waals surface area contributed by atoms with Crippen molar-refractivity contribution in [2.75, 3.05) is 26.6 Å². The van der Waals surface area contributed by atoms with Gasteiger partial charge in [0.15, 0.2) is 40.6 Å². The third-order valence-corrected chi connectivity index (χ3v) is 5.58. The van der Waals surface area contributed by atoms with Crippen molar-refractivity contribution in [1.82, 2.24) is 0 Å². The van der Waals surface area contributed by atoms with Crippen molar-refractivity contribution in [2.45, 2.75) is 13.0 Å². The molecule has 1 atom stereocenters. The van der Waals surface area contributed by atoms with Crippen LogP contribution in [0.2, 0.25) is 0 Å². The predicted molar refractivity (Wildman–Crippen MR) is 109 cm³/mol. The fourth-order valence-electron chi connectivity index (χ4n) is 4.14. The van der Waals surface area contributed by atoms with E-state index in [2.05, 4.69) is 6.92 Å². The van der Waals surface area contributed by atoms with Crippen molar-refractivity contribution in [3.8, 4) is 45.6 Å². The summed E-state index contributed by atoms with van der Waals surface area (Å²) in [5, 5.41) is 0. The molecule has 0 spiro atoms. The lowest BCUT2D eigenvalue weighted by Crippen LogP contribution is -2.24. The van der Waals surface area contributed by atoms with Gasteiger partial charge in [-0.2, -0.15) is 0 Å². The van der Waals surface area contributed by atoms with Gasteiger partial charge in [0.1, 0.15) is 19.8 Å². The zero-order valence-electron chi connectivity index (χ0n) is 16.5. The maximum absolute atomic E-state index is 6.51. The molecule has 0 saturated heterocycles. The first-order chi connectivity index (χ1) is 14.8. The van der Waals surface area contributed by atoms with E-state index in [0.717, 1.165) is 51.0 Å². The van der Waals surface area contributed by atoms with Gasteiger partial charge in [0.2, 0.25) is 6.79 Å². The Balaban J connectivity index is 1.42. The molecule has 0 N–H and O–H groups in total. The van der Waals surface area contributed by atoms with E-state index in [1.54, 1.807) is 0 Å². The summed E-state index contributed by atoms with van der Waals surface area (Å²) in [6.07, 6.45) is -0.301. The largest absolute Gasteiger partial charge is 0.486 e. The second-order valence-corrected chi connectivity index (χ2v) is 7.44.